The van der Waals surface area contributed by atoms with Crippen molar-refractivity contribution in [2.24, 2.45) is 5.92 Å². The molecule has 3 aliphatic heterocycles. The second-order valence-corrected chi connectivity index (χ2v) is 14.0. The molecule has 7 nitrogen and oxygen atoms in total. The standard InChI is InChI=1S/C32H34ClF2N3O4S/c1-42-31-10-9-25(43(40,41)37-13-11-22(12-14-37)15-21-5-3-2-4-6-21)16-30(31)38-23-7-8-24(38)20-36(19-23)32(39)26-17-28(34)29(35)18-27(26)33/h2-6,9-10,16-18,22-24H,7-8,11-15,19-20H2,1H3. The molecule has 228 valence electrons. The number of nitrogens with zero attached hydrogens (tertiary/aromatic N) is 3. The highest BCUT2D eigenvalue weighted by atomic mass is 35.5. The molecule has 43 heavy (non-hydrogen) atoms. The van der Waals surface area contributed by atoms with Crippen LogP contribution in [0.15, 0.2) is 65.6 Å². The normalized spacial score (nSPS) is 21.3. The van der Waals surface area contributed by atoms with Gasteiger partial charge in [0.2, 0.25) is 10.0 Å². The van der Waals surface area contributed by atoms with Gasteiger partial charge in [0.1, 0.15) is 5.75 Å². The van der Waals surface area contributed by atoms with Gasteiger partial charge < -0.3 is 14.5 Å². The molecule has 3 heterocycles. The number of fused-ring (bicyclic) bond motifs is 2. The van der Waals surface area contributed by atoms with Gasteiger partial charge in [-0.05, 0) is 73.9 Å². The summed E-state index contributed by atoms with van der Waals surface area (Å²) < 4.78 is 62.3. The average molecular weight is 630 g/mol. The van der Waals surface area contributed by atoms with Crippen molar-refractivity contribution in [3.05, 3.63) is 88.4 Å². The highest BCUT2D eigenvalue weighted by molar-refractivity contribution is 7.89. The number of piperazine rings is 1. The molecular formula is C32H34ClF2N3O4S. The third kappa shape index (κ3) is 5.84. The van der Waals surface area contributed by atoms with E-state index in [0.29, 0.717) is 43.5 Å². The lowest BCUT2D eigenvalue weighted by Gasteiger charge is -2.43. The number of methoxy groups -OCH3 is 1. The van der Waals surface area contributed by atoms with Crippen LogP contribution in [0.3, 0.4) is 0 Å². The summed E-state index contributed by atoms with van der Waals surface area (Å²) in [6, 6.07) is 16.7. The minimum Gasteiger partial charge on any atom is -0.495 e. The van der Waals surface area contributed by atoms with Crippen LogP contribution in [0.1, 0.15) is 41.6 Å². The molecule has 0 aliphatic carbocycles. The molecule has 3 aliphatic rings. The van der Waals surface area contributed by atoms with E-state index in [1.807, 2.05) is 18.2 Å². The summed E-state index contributed by atoms with van der Waals surface area (Å²) in [5.74, 6) is -1.70. The fraction of sp³-hybridized carbons (Fsp3) is 0.406. The van der Waals surface area contributed by atoms with E-state index < -0.39 is 27.6 Å². The first-order chi connectivity index (χ1) is 20.7. The van der Waals surface area contributed by atoms with Crippen LogP contribution in [0.5, 0.6) is 5.75 Å². The summed E-state index contributed by atoms with van der Waals surface area (Å²) in [6.45, 7) is 1.61. The maximum Gasteiger partial charge on any atom is 0.255 e. The van der Waals surface area contributed by atoms with Crippen molar-refractivity contribution in [1.29, 1.82) is 0 Å². The predicted molar refractivity (Wildman–Crippen MR) is 161 cm³/mol. The summed E-state index contributed by atoms with van der Waals surface area (Å²) in [4.78, 5) is 17.3. The Morgan fingerprint density at radius 1 is 0.930 bits per heavy atom. The summed E-state index contributed by atoms with van der Waals surface area (Å²) in [5, 5.41) is -0.137. The molecule has 0 N–H and O–H groups in total. The van der Waals surface area contributed by atoms with Crippen molar-refractivity contribution in [2.75, 3.05) is 38.2 Å². The molecule has 0 radical (unpaired) electrons. The minimum atomic E-state index is -3.73. The summed E-state index contributed by atoms with van der Waals surface area (Å²) in [6.07, 6.45) is 4.13. The number of piperidine rings is 1. The van der Waals surface area contributed by atoms with Gasteiger partial charge in [0.05, 0.1) is 28.3 Å². The van der Waals surface area contributed by atoms with Crippen molar-refractivity contribution < 1.29 is 26.7 Å². The smallest absolute Gasteiger partial charge is 0.255 e. The molecule has 3 saturated heterocycles. The number of carbonyl (C=O) groups excluding carboxylic acids is 1. The number of likely N-dealkylation sites (tertiary alicyclic amines) is 1. The molecule has 3 aromatic rings. The van der Waals surface area contributed by atoms with Gasteiger partial charge in [-0.1, -0.05) is 41.9 Å². The number of hydrogen-bond acceptors (Lipinski definition) is 5. The lowest BCUT2D eigenvalue weighted by Crippen LogP contribution is -2.55. The molecule has 1 amide bonds. The molecule has 3 aromatic carbocycles. The average Bonchev–Trinajstić information content (AvgIpc) is 3.27. The van der Waals surface area contributed by atoms with E-state index >= 15 is 0 Å². The Morgan fingerprint density at radius 2 is 1.58 bits per heavy atom. The zero-order valence-electron chi connectivity index (χ0n) is 23.9. The quantitative estimate of drug-likeness (QED) is 0.311. The van der Waals surface area contributed by atoms with Crippen molar-refractivity contribution in [1.82, 2.24) is 9.21 Å². The molecular weight excluding hydrogens is 596 g/mol. The van der Waals surface area contributed by atoms with Crippen LogP contribution in [0.4, 0.5) is 14.5 Å². The second-order valence-electron chi connectivity index (χ2n) is 11.6. The Balaban J connectivity index is 1.19. The Kier molecular flexibility index (Phi) is 8.37. The van der Waals surface area contributed by atoms with Crippen molar-refractivity contribution >= 4 is 33.2 Å². The van der Waals surface area contributed by atoms with E-state index in [-0.39, 0.29) is 27.6 Å². The monoisotopic (exact) mass is 629 g/mol. The molecule has 6 rings (SSSR count). The minimum absolute atomic E-state index is 0.0772. The lowest BCUT2D eigenvalue weighted by atomic mass is 9.91. The summed E-state index contributed by atoms with van der Waals surface area (Å²) >= 11 is 6.09. The van der Waals surface area contributed by atoms with Gasteiger partial charge in [-0.25, -0.2) is 17.2 Å². The van der Waals surface area contributed by atoms with Crippen LogP contribution in [-0.2, 0) is 16.4 Å². The molecule has 0 saturated carbocycles. The Hall–Kier alpha value is -3.21. The fourth-order valence-electron chi connectivity index (χ4n) is 6.80. The molecule has 0 aromatic heterocycles. The topological polar surface area (TPSA) is 70.2 Å². The van der Waals surface area contributed by atoms with Gasteiger partial charge in [-0.3, -0.25) is 4.79 Å². The van der Waals surface area contributed by atoms with E-state index in [0.717, 1.165) is 44.2 Å². The number of amides is 1. The first kappa shape index (κ1) is 29.8. The van der Waals surface area contributed by atoms with E-state index in [2.05, 4.69) is 17.0 Å². The van der Waals surface area contributed by atoms with E-state index in [9.17, 15) is 22.0 Å². The maximum absolute atomic E-state index is 13.9. The van der Waals surface area contributed by atoms with Gasteiger partial charge >= 0.3 is 0 Å². The largest absolute Gasteiger partial charge is 0.495 e. The summed E-state index contributed by atoms with van der Waals surface area (Å²) in [5.41, 5.74) is 1.87. The molecule has 2 atom stereocenters. The van der Waals surface area contributed by atoms with Crippen molar-refractivity contribution in [3.8, 4) is 5.75 Å². The van der Waals surface area contributed by atoms with Crippen LogP contribution in [0, 0.1) is 17.6 Å². The zero-order valence-corrected chi connectivity index (χ0v) is 25.5. The number of carbonyl (C=O) groups is 1. The van der Waals surface area contributed by atoms with Gasteiger partial charge in [-0.15, -0.1) is 0 Å². The number of hydrogen-bond donors (Lipinski definition) is 0. The highest BCUT2D eigenvalue weighted by Crippen LogP contribution is 2.42. The van der Waals surface area contributed by atoms with Gasteiger partial charge in [0.15, 0.2) is 11.6 Å². The maximum atomic E-state index is 13.9. The Bertz CT molecular complexity index is 1600. The van der Waals surface area contributed by atoms with Crippen LogP contribution in [0.25, 0.3) is 0 Å². The Labute approximate surface area is 256 Å². The molecule has 2 unspecified atom stereocenters. The van der Waals surface area contributed by atoms with Gasteiger partial charge in [0.25, 0.3) is 5.91 Å². The Morgan fingerprint density at radius 3 is 2.23 bits per heavy atom. The number of sulfonamides is 1. The molecule has 3 fully saturated rings. The number of rotatable bonds is 7. The first-order valence-electron chi connectivity index (χ1n) is 14.6. The first-order valence-corrected chi connectivity index (χ1v) is 16.4. The zero-order chi connectivity index (χ0) is 30.3. The van der Waals surface area contributed by atoms with E-state index in [1.165, 1.54) is 5.56 Å². The van der Waals surface area contributed by atoms with Gasteiger partial charge in [0, 0.05) is 38.3 Å². The van der Waals surface area contributed by atoms with Crippen LogP contribution in [0.2, 0.25) is 5.02 Å². The SMILES string of the molecule is COc1ccc(S(=O)(=O)N2CCC(Cc3ccccc3)CC2)cc1N1C2CCC1CN(C(=O)c1cc(F)c(F)cc1Cl)C2. The number of halogens is 3. The number of benzene rings is 3. The van der Waals surface area contributed by atoms with Crippen LogP contribution < -0.4 is 9.64 Å². The number of ether oxygens (including phenoxy) is 1. The van der Waals surface area contributed by atoms with Crippen molar-refractivity contribution in [2.45, 2.75) is 49.1 Å². The molecule has 2 bridgehead atoms. The third-order valence-electron chi connectivity index (χ3n) is 9.02. The van der Waals surface area contributed by atoms with E-state index in [1.54, 1.807) is 34.5 Å². The van der Waals surface area contributed by atoms with E-state index in [4.69, 9.17) is 16.3 Å². The second kappa shape index (κ2) is 12.1. The van der Waals surface area contributed by atoms with Crippen LogP contribution >= 0.6 is 11.6 Å². The molecule has 11 heteroatoms. The summed E-state index contributed by atoms with van der Waals surface area (Å²) in [7, 11) is -2.17. The lowest BCUT2D eigenvalue weighted by molar-refractivity contribution is 0.0717. The fourth-order valence-corrected chi connectivity index (χ4v) is 8.52. The highest BCUT2D eigenvalue weighted by Gasteiger charge is 2.43. The molecule has 0 spiro atoms. The predicted octanol–water partition coefficient (Wildman–Crippen LogP) is 5.76. The number of anilines is 1. The van der Waals surface area contributed by atoms with Crippen LogP contribution in [-0.4, -0.2) is 68.9 Å². The van der Waals surface area contributed by atoms with Gasteiger partial charge in [-0.2, -0.15) is 4.31 Å². The third-order valence-corrected chi connectivity index (χ3v) is 11.2. The van der Waals surface area contributed by atoms with Crippen molar-refractivity contribution in [3.63, 3.8) is 0 Å².